The number of nitrogens with zero attached hydrogens (tertiary/aromatic N) is 3. The van der Waals surface area contributed by atoms with Crippen LogP contribution in [-0.2, 0) is 13.0 Å². The van der Waals surface area contributed by atoms with E-state index in [2.05, 4.69) is 15.3 Å². The first-order valence-corrected chi connectivity index (χ1v) is 10.4. The van der Waals surface area contributed by atoms with Crippen molar-refractivity contribution in [2.24, 2.45) is 17.6 Å². The van der Waals surface area contributed by atoms with E-state index in [0.717, 1.165) is 31.2 Å². The van der Waals surface area contributed by atoms with Crippen molar-refractivity contribution in [3.8, 4) is 11.5 Å². The van der Waals surface area contributed by atoms with Crippen LogP contribution in [-0.4, -0.2) is 35.7 Å². The molecule has 10 heteroatoms. The standard InChI is InChI=1S/C21H30N6O4/c1-30-17-5-3-4-15(19(17)31-2)12-24-21-25-16(18(27(28)29)20(23)26-21)10-13-6-8-14(11-22)9-7-13/h3-5,13-14H,6-12,22H2,1-2H3,(H3,23,24,25,26). The number of rotatable bonds is 9. The number of para-hydroxylation sites is 1. The molecule has 1 aromatic heterocycles. The van der Waals surface area contributed by atoms with Crippen molar-refractivity contribution in [3.63, 3.8) is 0 Å². The first-order valence-electron chi connectivity index (χ1n) is 10.4. The van der Waals surface area contributed by atoms with E-state index in [4.69, 9.17) is 20.9 Å². The van der Waals surface area contributed by atoms with Crippen LogP contribution in [0.25, 0.3) is 0 Å². The van der Waals surface area contributed by atoms with E-state index in [1.165, 1.54) is 0 Å². The number of ether oxygens (including phenoxy) is 2. The molecule has 1 fully saturated rings. The van der Waals surface area contributed by atoms with Gasteiger partial charge in [0.1, 0.15) is 5.69 Å². The maximum absolute atomic E-state index is 11.6. The summed E-state index contributed by atoms with van der Waals surface area (Å²) in [7, 11) is 3.14. The average Bonchev–Trinajstić information content (AvgIpc) is 2.77. The number of nitro groups is 1. The molecule has 2 aromatic rings. The van der Waals surface area contributed by atoms with Gasteiger partial charge in [-0.3, -0.25) is 10.1 Å². The summed E-state index contributed by atoms with van der Waals surface area (Å²) in [5.74, 6) is 2.19. The van der Waals surface area contributed by atoms with Gasteiger partial charge in [0.15, 0.2) is 11.5 Å². The topological polar surface area (TPSA) is 151 Å². The van der Waals surface area contributed by atoms with Crippen LogP contribution in [0.15, 0.2) is 18.2 Å². The van der Waals surface area contributed by atoms with Crippen molar-refractivity contribution in [1.29, 1.82) is 0 Å². The van der Waals surface area contributed by atoms with Gasteiger partial charge in [0.05, 0.1) is 19.1 Å². The highest BCUT2D eigenvalue weighted by atomic mass is 16.6. The van der Waals surface area contributed by atoms with Crippen molar-refractivity contribution in [3.05, 3.63) is 39.6 Å². The van der Waals surface area contributed by atoms with Crippen molar-refractivity contribution >= 4 is 17.5 Å². The van der Waals surface area contributed by atoms with Gasteiger partial charge in [-0.2, -0.15) is 4.98 Å². The molecule has 10 nitrogen and oxygen atoms in total. The Morgan fingerprint density at radius 2 is 1.87 bits per heavy atom. The maximum atomic E-state index is 11.6. The van der Waals surface area contributed by atoms with Gasteiger partial charge in [0.2, 0.25) is 11.8 Å². The summed E-state index contributed by atoms with van der Waals surface area (Å²) in [6, 6.07) is 5.55. The minimum atomic E-state index is -0.495. The van der Waals surface area contributed by atoms with Crippen molar-refractivity contribution < 1.29 is 14.4 Å². The Hall–Kier alpha value is -3.14. The molecule has 0 spiro atoms. The normalized spacial score (nSPS) is 18.4. The zero-order valence-electron chi connectivity index (χ0n) is 18.0. The number of nitrogens with two attached hydrogens (primary N) is 2. The summed E-state index contributed by atoms with van der Waals surface area (Å²) in [4.78, 5) is 19.7. The number of nitrogens with one attached hydrogen (secondary N) is 1. The summed E-state index contributed by atoms with van der Waals surface area (Å²) in [6.07, 6.45) is 4.53. The molecule has 0 amide bonds. The predicted molar refractivity (Wildman–Crippen MR) is 118 cm³/mol. The van der Waals surface area contributed by atoms with Gasteiger partial charge in [-0.25, -0.2) is 4.98 Å². The maximum Gasteiger partial charge on any atom is 0.332 e. The number of hydrogen-bond donors (Lipinski definition) is 3. The third-order valence-electron chi connectivity index (χ3n) is 5.87. The molecule has 3 rings (SSSR count). The van der Waals surface area contributed by atoms with Gasteiger partial charge in [0, 0.05) is 12.1 Å². The lowest BCUT2D eigenvalue weighted by molar-refractivity contribution is -0.385. The molecular weight excluding hydrogens is 400 g/mol. The second kappa shape index (κ2) is 10.3. The Morgan fingerprint density at radius 1 is 1.16 bits per heavy atom. The van der Waals surface area contributed by atoms with Gasteiger partial charge in [-0.05, 0) is 56.6 Å². The SMILES string of the molecule is COc1cccc(CNc2nc(N)c([N+](=O)[O-])c(CC3CCC(CN)CC3)n2)c1OC. The summed E-state index contributed by atoms with van der Waals surface area (Å²) < 4.78 is 10.8. The Kier molecular flexibility index (Phi) is 7.45. The predicted octanol–water partition coefficient (Wildman–Crippen LogP) is 2.90. The van der Waals surface area contributed by atoms with Gasteiger partial charge in [-0.15, -0.1) is 0 Å². The fourth-order valence-corrected chi connectivity index (χ4v) is 4.15. The summed E-state index contributed by atoms with van der Waals surface area (Å²) in [5.41, 5.74) is 12.7. The molecule has 5 N–H and O–H groups in total. The number of aromatic nitrogens is 2. The molecule has 0 atom stereocenters. The number of anilines is 2. The monoisotopic (exact) mass is 430 g/mol. The van der Waals surface area contributed by atoms with E-state index in [1.54, 1.807) is 20.3 Å². The van der Waals surface area contributed by atoms with E-state index in [-0.39, 0.29) is 17.5 Å². The first kappa shape index (κ1) is 22.5. The lowest BCUT2D eigenvalue weighted by Crippen LogP contribution is -2.23. The summed E-state index contributed by atoms with van der Waals surface area (Å²) in [5, 5.41) is 14.7. The molecule has 0 aliphatic heterocycles. The molecule has 0 radical (unpaired) electrons. The van der Waals surface area contributed by atoms with Crippen LogP contribution in [0, 0.1) is 22.0 Å². The highest BCUT2D eigenvalue weighted by Crippen LogP contribution is 2.34. The minimum Gasteiger partial charge on any atom is -0.493 e. The van der Waals surface area contributed by atoms with Crippen molar-refractivity contribution in [1.82, 2.24) is 9.97 Å². The van der Waals surface area contributed by atoms with Crippen LogP contribution in [0.2, 0.25) is 0 Å². The Bertz CT molecular complexity index is 915. The molecule has 1 aliphatic carbocycles. The number of nitrogen functional groups attached to an aromatic ring is 1. The molecule has 31 heavy (non-hydrogen) atoms. The lowest BCUT2D eigenvalue weighted by atomic mass is 9.80. The highest BCUT2D eigenvalue weighted by molar-refractivity contribution is 5.58. The Balaban J connectivity index is 1.80. The van der Waals surface area contributed by atoms with Crippen LogP contribution in [0.5, 0.6) is 11.5 Å². The molecular formula is C21H30N6O4. The van der Waals surface area contributed by atoms with Crippen LogP contribution < -0.4 is 26.3 Å². The zero-order chi connectivity index (χ0) is 22.4. The van der Waals surface area contributed by atoms with Crippen LogP contribution >= 0.6 is 0 Å². The first-order chi connectivity index (χ1) is 15.0. The molecule has 0 unspecified atom stereocenters. The quantitative estimate of drug-likeness (QED) is 0.403. The molecule has 1 saturated carbocycles. The van der Waals surface area contributed by atoms with Crippen LogP contribution in [0.4, 0.5) is 17.5 Å². The molecule has 0 bridgehead atoms. The molecule has 1 heterocycles. The third kappa shape index (κ3) is 5.32. The van der Waals surface area contributed by atoms with Crippen LogP contribution in [0.3, 0.4) is 0 Å². The number of hydrogen-bond acceptors (Lipinski definition) is 9. The molecule has 1 aliphatic rings. The number of benzene rings is 1. The second-order valence-electron chi connectivity index (χ2n) is 7.82. The van der Waals surface area contributed by atoms with E-state index in [9.17, 15) is 10.1 Å². The van der Waals surface area contributed by atoms with Gasteiger partial charge < -0.3 is 26.3 Å². The fourth-order valence-electron chi connectivity index (χ4n) is 4.15. The molecule has 0 saturated heterocycles. The summed E-state index contributed by atoms with van der Waals surface area (Å²) >= 11 is 0. The fraction of sp³-hybridized carbons (Fsp3) is 0.524. The lowest BCUT2D eigenvalue weighted by Gasteiger charge is -2.27. The third-order valence-corrected chi connectivity index (χ3v) is 5.87. The highest BCUT2D eigenvalue weighted by Gasteiger charge is 2.28. The Labute approximate surface area is 181 Å². The number of methoxy groups -OCH3 is 2. The largest absolute Gasteiger partial charge is 0.493 e. The van der Waals surface area contributed by atoms with E-state index >= 15 is 0 Å². The van der Waals surface area contributed by atoms with E-state index in [0.29, 0.717) is 48.5 Å². The molecule has 168 valence electrons. The van der Waals surface area contributed by atoms with Crippen molar-refractivity contribution in [2.45, 2.75) is 38.6 Å². The zero-order valence-corrected chi connectivity index (χ0v) is 18.0. The Morgan fingerprint density at radius 3 is 2.48 bits per heavy atom. The van der Waals surface area contributed by atoms with Gasteiger partial charge in [-0.1, -0.05) is 12.1 Å². The summed E-state index contributed by atoms with van der Waals surface area (Å²) in [6.45, 7) is 1.04. The van der Waals surface area contributed by atoms with Gasteiger partial charge >= 0.3 is 5.69 Å². The molecule has 1 aromatic carbocycles. The van der Waals surface area contributed by atoms with Crippen molar-refractivity contribution in [2.75, 3.05) is 31.8 Å². The second-order valence-corrected chi connectivity index (χ2v) is 7.82. The van der Waals surface area contributed by atoms with E-state index < -0.39 is 4.92 Å². The van der Waals surface area contributed by atoms with Crippen LogP contribution in [0.1, 0.15) is 36.9 Å². The minimum absolute atomic E-state index is 0.134. The smallest absolute Gasteiger partial charge is 0.332 e. The average molecular weight is 431 g/mol. The van der Waals surface area contributed by atoms with Gasteiger partial charge in [0.25, 0.3) is 0 Å². The van der Waals surface area contributed by atoms with E-state index in [1.807, 2.05) is 12.1 Å².